The monoisotopic (exact) mass is 349 g/mol. The number of carbonyl (C=O) groups excluding carboxylic acids is 1. The van der Waals surface area contributed by atoms with Crippen molar-refractivity contribution in [3.8, 4) is 9.88 Å². The van der Waals surface area contributed by atoms with Crippen molar-refractivity contribution in [1.29, 1.82) is 0 Å². The Morgan fingerprint density at radius 3 is 2.64 bits per heavy atom. The molecule has 3 rings (SSSR count). The summed E-state index contributed by atoms with van der Waals surface area (Å²) in [6, 6.07) is 7.91. The van der Waals surface area contributed by atoms with Crippen molar-refractivity contribution >= 4 is 40.0 Å². The van der Waals surface area contributed by atoms with Crippen LogP contribution in [0.15, 0.2) is 35.0 Å². The van der Waals surface area contributed by atoms with Crippen LogP contribution < -0.4 is 10.6 Å². The van der Waals surface area contributed by atoms with Crippen LogP contribution in [0.3, 0.4) is 0 Å². The van der Waals surface area contributed by atoms with Crippen LogP contribution in [0.1, 0.15) is 15.4 Å². The topological polar surface area (TPSA) is 54.0 Å². The van der Waals surface area contributed by atoms with Crippen LogP contribution in [0.25, 0.3) is 9.88 Å². The molecule has 2 N–H and O–H groups in total. The summed E-state index contributed by atoms with van der Waals surface area (Å²) < 4.78 is 0. The maximum atomic E-state index is 11.8. The Kier molecular flexibility index (Phi) is 4.87. The number of hydrogen-bond donors (Lipinski definition) is 2. The van der Waals surface area contributed by atoms with Gasteiger partial charge in [0.2, 0.25) is 0 Å². The smallest absolute Gasteiger partial charge is 0.315 e. The van der Waals surface area contributed by atoms with E-state index in [-0.39, 0.29) is 6.03 Å². The van der Waals surface area contributed by atoms with Gasteiger partial charge >= 0.3 is 6.03 Å². The maximum Gasteiger partial charge on any atom is 0.315 e. The fourth-order valence-electron chi connectivity index (χ4n) is 1.90. The van der Waals surface area contributed by atoms with Gasteiger partial charge in [0, 0.05) is 9.75 Å². The highest BCUT2D eigenvalue weighted by Gasteiger charge is 2.11. The Bertz CT molecular complexity index is 732. The van der Waals surface area contributed by atoms with Gasteiger partial charge in [-0.3, -0.25) is 0 Å². The molecule has 22 heavy (non-hydrogen) atoms. The molecule has 0 fully saturated rings. The second kappa shape index (κ2) is 7.04. The van der Waals surface area contributed by atoms with Crippen molar-refractivity contribution in [3.63, 3.8) is 0 Å². The van der Waals surface area contributed by atoms with E-state index in [4.69, 9.17) is 0 Å². The number of carbonyl (C=O) groups is 1. The summed E-state index contributed by atoms with van der Waals surface area (Å²) in [4.78, 5) is 19.8. The molecule has 0 radical (unpaired) electrons. The molecule has 0 aliphatic carbocycles. The molecule has 0 aliphatic rings. The van der Waals surface area contributed by atoms with E-state index in [1.54, 1.807) is 34.0 Å². The molecule has 0 saturated heterocycles. The SMILES string of the molecule is Cc1nc(-c2cccs2)sc1CNC(=O)NCc1cccs1. The highest BCUT2D eigenvalue weighted by atomic mass is 32.1. The Morgan fingerprint density at radius 2 is 1.91 bits per heavy atom. The molecule has 0 bridgehead atoms. The van der Waals surface area contributed by atoms with Crippen molar-refractivity contribution in [2.45, 2.75) is 20.0 Å². The van der Waals surface area contributed by atoms with E-state index in [9.17, 15) is 4.79 Å². The normalized spacial score (nSPS) is 10.6. The van der Waals surface area contributed by atoms with Crippen LogP contribution >= 0.6 is 34.0 Å². The summed E-state index contributed by atoms with van der Waals surface area (Å²) in [5.41, 5.74) is 0.979. The molecule has 7 heteroatoms. The lowest BCUT2D eigenvalue weighted by molar-refractivity contribution is 0.240. The standard InChI is InChI=1S/C15H15N3OS3/c1-10-13(22-14(18-10)12-5-3-7-21-12)9-17-15(19)16-8-11-4-2-6-20-11/h2-7H,8-9H2,1H3,(H2,16,17,19). The van der Waals surface area contributed by atoms with Crippen LogP contribution in [-0.2, 0) is 13.1 Å². The zero-order chi connectivity index (χ0) is 15.4. The van der Waals surface area contributed by atoms with E-state index in [1.807, 2.05) is 35.9 Å². The number of nitrogens with one attached hydrogen (secondary N) is 2. The average Bonchev–Trinajstić information content (AvgIpc) is 3.24. The first kappa shape index (κ1) is 15.2. The molecular weight excluding hydrogens is 334 g/mol. The number of hydrogen-bond acceptors (Lipinski definition) is 5. The van der Waals surface area contributed by atoms with E-state index >= 15 is 0 Å². The third-order valence-corrected chi connectivity index (χ3v) is 6.11. The Labute approximate surface area is 140 Å². The van der Waals surface area contributed by atoms with Crippen molar-refractivity contribution < 1.29 is 4.79 Å². The van der Waals surface area contributed by atoms with Crippen LogP contribution in [0.5, 0.6) is 0 Å². The van der Waals surface area contributed by atoms with Gasteiger partial charge in [0.1, 0.15) is 5.01 Å². The minimum absolute atomic E-state index is 0.154. The summed E-state index contributed by atoms with van der Waals surface area (Å²) in [6.07, 6.45) is 0. The lowest BCUT2D eigenvalue weighted by atomic mass is 10.4. The molecule has 2 amide bonds. The second-order valence-electron chi connectivity index (χ2n) is 4.62. The summed E-state index contributed by atoms with van der Waals surface area (Å²) in [7, 11) is 0. The maximum absolute atomic E-state index is 11.8. The molecule has 3 heterocycles. The predicted octanol–water partition coefficient (Wildman–Crippen LogP) is 4.24. The first-order valence-corrected chi connectivity index (χ1v) is 9.34. The van der Waals surface area contributed by atoms with Gasteiger partial charge < -0.3 is 10.6 Å². The average molecular weight is 350 g/mol. The molecule has 0 saturated carbocycles. The van der Waals surface area contributed by atoms with E-state index in [0.29, 0.717) is 13.1 Å². The third kappa shape index (κ3) is 3.73. The van der Waals surface area contributed by atoms with Crippen molar-refractivity contribution in [3.05, 3.63) is 50.5 Å². The minimum atomic E-state index is -0.154. The number of thiazole rings is 1. The summed E-state index contributed by atoms with van der Waals surface area (Å²) in [5, 5.41) is 10.8. The molecule has 3 aromatic rings. The van der Waals surface area contributed by atoms with Gasteiger partial charge in [-0.15, -0.1) is 34.0 Å². The predicted molar refractivity (Wildman–Crippen MR) is 93.6 cm³/mol. The lowest BCUT2D eigenvalue weighted by Crippen LogP contribution is -2.34. The van der Waals surface area contributed by atoms with Crippen LogP contribution in [-0.4, -0.2) is 11.0 Å². The molecule has 0 spiro atoms. The minimum Gasteiger partial charge on any atom is -0.333 e. The molecule has 4 nitrogen and oxygen atoms in total. The van der Waals surface area contributed by atoms with Crippen LogP contribution in [0, 0.1) is 6.92 Å². The highest BCUT2D eigenvalue weighted by Crippen LogP contribution is 2.30. The fraction of sp³-hybridized carbons (Fsp3) is 0.200. The summed E-state index contributed by atoms with van der Waals surface area (Å²) in [5.74, 6) is 0. The van der Waals surface area contributed by atoms with Gasteiger partial charge in [-0.2, -0.15) is 0 Å². The number of aryl methyl sites for hydroxylation is 1. The zero-order valence-corrected chi connectivity index (χ0v) is 14.4. The molecule has 0 aliphatic heterocycles. The van der Waals surface area contributed by atoms with Gasteiger partial charge in [0.25, 0.3) is 0 Å². The Hall–Kier alpha value is -1.70. The zero-order valence-electron chi connectivity index (χ0n) is 12.0. The van der Waals surface area contributed by atoms with Crippen molar-refractivity contribution in [2.24, 2.45) is 0 Å². The Morgan fingerprint density at radius 1 is 1.14 bits per heavy atom. The molecule has 3 aromatic heterocycles. The van der Waals surface area contributed by atoms with Crippen LogP contribution in [0.4, 0.5) is 4.79 Å². The number of rotatable bonds is 5. The number of urea groups is 1. The highest BCUT2D eigenvalue weighted by molar-refractivity contribution is 7.21. The van der Waals surface area contributed by atoms with Crippen molar-refractivity contribution in [2.75, 3.05) is 0 Å². The number of aromatic nitrogens is 1. The second-order valence-corrected chi connectivity index (χ2v) is 7.68. The largest absolute Gasteiger partial charge is 0.333 e. The van der Waals surface area contributed by atoms with Crippen molar-refractivity contribution in [1.82, 2.24) is 15.6 Å². The molecule has 114 valence electrons. The number of thiophene rings is 2. The van der Waals surface area contributed by atoms with Gasteiger partial charge in [0.05, 0.1) is 23.7 Å². The number of nitrogens with zero attached hydrogens (tertiary/aromatic N) is 1. The third-order valence-electron chi connectivity index (χ3n) is 3.04. The molecular formula is C15H15N3OS3. The first-order valence-electron chi connectivity index (χ1n) is 6.76. The lowest BCUT2D eigenvalue weighted by Gasteiger charge is -2.05. The van der Waals surface area contributed by atoms with Gasteiger partial charge in [-0.05, 0) is 29.8 Å². The summed E-state index contributed by atoms with van der Waals surface area (Å²) >= 11 is 4.95. The van der Waals surface area contributed by atoms with Gasteiger partial charge in [-0.1, -0.05) is 12.1 Å². The van der Waals surface area contributed by atoms with Crippen LogP contribution in [0.2, 0.25) is 0 Å². The van der Waals surface area contributed by atoms with Gasteiger partial charge in [0.15, 0.2) is 0 Å². The van der Waals surface area contributed by atoms with E-state index in [2.05, 4.69) is 21.7 Å². The van der Waals surface area contributed by atoms with E-state index < -0.39 is 0 Å². The molecule has 0 unspecified atom stereocenters. The quantitative estimate of drug-likeness (QED) is 0.724. The number of amides is 2. The molecule has 0 aromatic carbocycles. The molecule has 0 atom stereocenters. The Balaban J connectivity index is 1.54. The fourth-order valence-corrected chi connectivity index (χ4v) is 4.34. The first-order chi connectivity index (χ1) is 10.7. The van der Waals surface area contributed by atoms with E-state index in [1.165, 1.54) is 4.88 Å². The van der Waals surface area contributed by atoms with Gasteiger partial charge in [-0.25, -0.2) is 9.78 Å². The summed E-state index contributed by atoms with van der Waals surface area (Å²) in [6.45, 7) is 3.05. The van der Waals surface area contributed by atoms with E-state index in [0.717, 1.165) is 20.5 Å².